The summed E-state index contributed by atoms with van der Waals surface area (Å²) in [7, 11) is 2.10. The summed E-state index contributed by atoms with van der Waals surface area (Å²) in [6.07, 6.45) is 1.93. The predicted molar refractivity (Wildman–Crippen MR) is 132 cm³/mol. The second kappa shape index (κ2) is 8.78. The first-order chi connectivity index (χ1) is 16.3. The van der Waals surface area contributed by atoms with Gasteiger partial charge in [-0.1, -0.05) is 24.3 Å². The molecule has 0 aliphatic carbocycles. The number of nitrogens with zero attached hydrogens (tertiary/aromatic N) is 5. The van der Waals surface area contributed by atoms with Gasteiger partial charge < -0.3 is 14.7 Å². The average Bonchev–Trinajstić information content (AvgIpc) is 2.79. The van der Waals surface area contributed by atoms with Crippen LogP contribution in [0.3, 0.4) is 0 Å². The standard InChI is InChI=1S/C27H35N5O2/c1-19(2)32-25(33)23-8-6-5-7-22(23)24(26(34)31-13-11-29(4)12-14-31)27(32)17-30(18-27)16-21-10-9-20(3)28-15-21/h5-10,15,19,24H,11-14,16-18H2,1-4H3. The van der Waals surface area contributed by atoms with Crippen molar-refractivity contribution in [3.05, 3.63) is 65.0 Å². The molecule has 0 N–H and O–H groups in total. The Hall–Kier alpha value is -2.77. The van der Waals surface area contributed by atoms with Crippen LogP contribution < -0.4 is 0 Å². The van der Waals surface area contributed by atoms with E-state index in [0.29, 0.717) is 18.7 Å². The Labute approximate surface area is 202 Å². The molecular weight excluding hydrogens is 426 g/mol. The Morgan fingerprint density at radius 2 is 1.79 bits per heavy atom. The molecule has 2 fully saturated rings. The van der Waals surface area contributed by atoms with E-state index in [1.165, 1.54) is 0 Å². The third kappa shape index (κ3) is 3.81. The van der Waals surface area contributed by atoms with Gasteiger partial charge in [0, 0.05) is 69.3 Å². The first-order valence-electron chi connectivity index (χ1n) is 12.3. The van der Waals surface area contributed by atoms with Crippen molar-refractivity contribution in [1.82, 2.24) is 24.6 Å². The Balaban J connectivity index is 1.50. The average molecular weight is 462 g/mol. The largest absolute Gasteiger partial charge is 0.340 e. The molecule has 5 rings (SSSR count). The van der Waals surface area contributed by atoms with Gasteiger partial charge in [-0.3, -0.25) is 19.5 Å². The van der Waals surface area contributed by atoms with Crippen molar-refractivity contribution < 1.29 is 9.59 Å². The highest BCUT2D eigenvalue weighted by molar-refractivity contribution is 6.02. The van der Waals surface area contributed by atoms with Crippen molar-refractivity contribution in [3.8, 4) is 0 Å². The van der Waals surface area contributed by atoms with Crippen LogP contribution in [-0.2, 0) is 11.3 Å². The van der Waals surface area contributed by atoms with Crippen LogP contribution >= 0.6 is 0 Å². The number of fused-ring (bicyclic) bond motifs is 1. The third-order valence-corrected chi connectivity index (χ3v) is 7.69. The predicted octanol–water partition coefficient (Wildman–Crippen LogP) is 2.37. The van der Waals surface area contributed by atoms with Crippen LogP contribution in [-0.4, -0.2) is 94.3 Å². The van der Waals surface area contributed by atoms with Crippen molar-refractivity contribution in [2.75, 3.05) is 46.3 Å². The molecule has 3 aliphatic rings. The van der Waals surface area contributed by atoms with E-state index < -0.39 is 5.54 Å². The van der Waals surface area contributed by atoms with Gasteiger partial charge in [-0.15, -0.1) is 0 Å². The van der Waals surface area contributed by atoms with Crippen LogP contribution in [0.1, 0.15) is 46.9 Å². The minimum atomic E-state index is -0.530. The number of likely N-dealkylation sites (N-methyl/N-ethyl adjacent to an activating group) is 1. The number of carbonyl (C=O) groups excluding carboxylic acids is 2. The number of pyridine rings is 1. The Kier molecular flexibility index (Phi) is 5.94. The highest BCUT2D eigenvalue weighted by atomic mass is 16.2. The van der Waals surface area contributed by atoms with Crippen LogP contribution in [0.5, 0.6) is 0 Å². The maximum absolute atomic E-state index is 14.1. The lowest BCUT2D eigenvalue weighted by molar-refractivity contribution is -0.146. The summed E-state index contributed by atoms with van der Waals surface area (Å²) in [5.41, 5.74) is 3.20. The molecule has 2 amide bonds. The summed E-state index contributed by atoms with van der Waals surface area (Å²) < 4.78 is 0. The minimum Gasteiger partial charge on any atom is -0.340 e. The van der Waals surface area contributed by atoms with E-state index in [1.807, 2.05) is 53.3 Å². The van der Waals surface area contributed by atoms with E-state index in [1.54, 1.807) is 0 Å². The van der Waals surface area contributed by atoms with Gasteiger partial charge in [0.2, 0.25) is 5.91 Å². The number of carbonyl (C=O) groups is 2. The number of rotatable bonds is 4. The molecule has 1 unspecified atom stereocenters. The van der Waals surface area contributed by atoms with Gasteiger partial charge in [0.05, 0.1) is 11.5 Å². The van der Waals surface area contributed by atoms with E-state index >= 15 is 0 Å². The van der Waals surface area contributed by atoms with Gasteiger partial charge in [0.1, 0.15) is 0 Å². The van der Waals surface area contributed by atoms with E-state index in [9.17, 15) is 9.59 Å². The highest BCUT2D eigenvalue weighted by Gasteiger charge is 2.61. The van der Waals surface area contributed by atoms with E-state index in [2.05, 4.69) is 41.7 Å². The molecule has 1 atom stereocenters. The molecule has 2 aromatic rings. The van der Waals surface area contributed by atoms with Gasteiger partial charge in [-0.2, -0.15) is 0 Å². The number of amides is 2. The summed E-state index contributed by atoms with van der Waals surface area (Å²) >= 11 is 0. The summed E-state index contributed by atoms with van der Waals surface area (Å²) in [6.45, 7) is 11.5. The fourth-order valence-electron chi connectivity index (χ4n) is 6.05. The molecule has 1 aromatic carbocycles. The molecule has 180 valence electrons. The van der Waals surface area contributed by atoms with Gasteiger partial charge in [0.25, 0.3) is 5.91 Å². The molecular formula is C27H35N5O2. The first kappa shape index (κ1) is 23.0. The second-order valence-corrected chi connectivity index (χ2v) is 10.5. The Morgan fingerprint density at radius 3 is 2.44 bits per heavy atom. The summed E-state index contributed by atoms with van der Waals surface area (Å²) in [6, 6.07) is 11.9. The zero-order valence-electron chi connectivity index (χ0n) is 20.7. The van der Waals surface area contributed by atoms with E-state index in [0.717, 1.165) is 49.5 Å². The second-order valence-electron chi connectivity index (χ2n) is 10.5. The minimum absolute atomic E-state index is 0.00633. The number of aromatic nitrogens is 1. The molecule has 34 heavy (non-hydrogen) atoms. The number of aryl methyl sites for hydroxylation is 1. The maximum atomic E-state index is 14.1. The van der Waals surface area contributed by atoms with E-state index in [-0.39, 0.29) is 23.8 Å². The zero-order valence-corrected chi connectivity index (χ0v) is 20.7. The lowest BCUT2D eigenvalue weighted by atomic mass is 9.67. The lowest BCUT2D eigenvalue weighted by Gasteiger charge is -2.62. The normalized spacial score (nSPS) is 22.7. The van der Waals surface area contributed by atoms with Crippen molar-refractivity contribution in [2.24, 2.45) is 0 Å². The molecule has 1 aromatic heterocycles. The number of likely N-dealkylation sites (tertiary alicyclic amines) is 1. The van der Waals surface area contributed by atoms with Crippen molar-refractivity contribution >= 4 is 11.8 Å². The number of piperazine rings is 1. The highest BCUT2D eigenvalue weighted by Crippen LogP contribution is 2.48. The molecule has 0 radical (unpaired) electrons. The molecule has 0 bridgehead atoms. The van der Waals surface area contributed by atoms with Gasteiger partial charge >= 0.3 is 0 Å². The number of hydrogen-bond acceptors (Lipinski definition) is 5. The quantitative estimate of drug-likeness (QED) is 0.700. The molecule has 0 saturated carbocycles. The van der Waals surface area contributed by atoms with Crippen LogP contribution in [0.15, 0.2) is 42.6 Å². The number of hydrogen-bond donors (Lipinski definition) is 0. The number of benzene rings is 1. The molecule has 4 heterocycles. The van der Waals surface area contributed by atoms with Gasteiger partial charge in [0.15, 0.2) is 0 Å². The van der Waals surface area contributed by atoms with Crippen molar-refractivity contribution in [3.63, 3.8) is 0 Å². The third-order valence-electron chi connectivity index (χ3n) is 7.69. The van der Waals surface area contributed by atoms with Gasteiger partial charge in [-0.05, 0) is 51.1 Å². The molecule has 7 heteroatoms. The smallest absolute Gasteiger partial charge is 0.254 e. The fraction of sp³-hybridized carbons (Fsp3) is 0.519. The summed E-state index contributed by atoms with van der Waals surface area (Å²) in [4.78, 5) is 40.9. The van der Waals surface area contributed by atoms with Crippen LogP contribution in [0.4, 0.5) is 0 Å². The van der Waals surface area contributed by atoms with Crippen molar-refractivity contribution in [2.45, 2.75) is 44.8 Å². The molecule has 3 aliphatic heterocycles. The Morgan fingerprint density at radius 1 is 1.09 bits per heavy atom. The Bertz CT molecular complexity index is 1070. The summed E-state index contributed by atoms with van der Waals surface area (Å²) in [5.74, 6) is -0.139. The van der Waals surface area contributed by atoms with Gasteiger partial charge in [-0.25, -0.2) is 0 Å². The molecule has 2 saturated heterocycles. The van der Waals surface area contributed by atoms with Crippen LogP contribution in [0.25, 0.3) is 0 Å². The van der Waals surface area contributed by atoms with Crippen LogP contribution in [0.2, 0.25) is 0 Å². The lowest BCUT2D eigenvalue weighted by Crippen LogP contribution is -2.77. The van der Waals surface area contributed by atoms with E-state index in [4.69, 9.17) is 0 Å². The topological polar surface area (TPSA) is 60.0 Å². The monoisotopic (exact) mass is 461 g/mol. The SMILES string of the molecule is Cc1ccc(CN2CC3(C2)C(C(=O)N2CCN(C)CC2)c2ccccc2C(=O)N3C(C)C)cn1. The first-order valence-corrected chi connectivity index (χ1v) is 12.3. The zero-order chi connectivity index (χ0) is 24.0. The maximum Gasteiger partial charge on any atom is 0.254 e. The molecule has 1 spiro atoms. The van der Waals surface area contributed by atoms with Crippen LogP contribution in [0, 0.1) is 6.92 Å². The van der Waals surface area contributed by atoms with Crippen molar-refractivity contribution in [1.29, 1.82) is 0 Å². The fourth-order valence-corrected chi connectivity index (χ4v) is 6.05. The summed E-state index contributed by atoms with van der Waals surface area (Å²) in [5, 5.41) is 0. The molecule has 7 nitrogen and oxygen atoms in total.